The number of carbonyl (C=O) groups excluding carboxylic acids is 1. The van der Waals surface area contributed by atoms with Crippen LogP contribution in [0.4, 0.5) is 10.5 Å². The number of aryl methyl sites for hydroxylation is 1. The molecule has 0 bridgehead atoms. The van der Waals surface area contributed by atoms with Gasteiger partial charge in [-0.25, -0.2) is 4.79 Å². The van der Waals surface area contributed by atoms with Crippen LogP contribution in [-0.4, -0.2) is 45.5 Å². The number of rotatable bonds is 8. The number of amides is 2. The van der Waals surface area contributed by atoms with Crippen molar-refractivity contribution in [2.24, 2.45) is 0 Å². The second-order valence-corrected chi connectivity index (χ2v) is 5.91. The van der Waals surface area contributed by atoms with E-state index in [1.165, 1.54) is 0 Å². The number of anilines is 1. The van der Waals surface area contributed by atoms with Crippen LogP contribution in [0.3, 0.4) is 0 Å². The van der Waals surface area contributed by atoms with Crippen molar-refractivity contribution in [3.8, 4) is 0 Å². The maximum absolute atomic E-state index is 12.3. The fourth-order valence-electron chi connectivity index (χ4n) is 2.42. The van der Waals surface area contributed by atoms with E-state index >= 15 is 0 Å². The summed E-state index contributed by atoms with van der Waals surface area (Å²) in [5.74, 6) is 0. The molecular formula is C18H26N4O2. The molecule has 0 saturated carbocycles. The predicted molar refractivity (Wildman–Crippen MR) is 95.1 cm³/mol. The zero-order valence-corrected chi connectivity index (χ0v) is 14.4. The van der Waals surface area contributed by atoms with Gasteiger partial charge in [-0.05, 0) is 36.6 Å². The summed E-state index contributed by atoms with van der Waals surface area (Å²) in [4.78, 5) is 13.9. The lowest BCUT2D eigenvalue weighted by Crippen LogP contribution is -2.37. The van der Waals surface area contributed by atoms with Crippen LogP contribution >= 0.6 is 0 Å². The Morgan fingerprint density at radius 2 is 2.04 bits per heavy atom. The summed E-state index contributed by atoms with van der Waals surface area (Å²) >= 11 is 0. The minimum absolute atomic E-state index is 0.0284. The highest BCUT2D eigenvalue weighted by Gasteiger charge is 2.12. The molecule has 130 valence electrons. The number of hydrogen-bond donors (Lipinski definition) is 2. The fourth-order valence-corrected chi connectivity index (χ4v) is 2.42. The number of hydrogen-bond acceptors (Lipinski definition) is 3. The molecule has 0 atom stereocenters. The summed E-state index contributed by atoms with van der Waals surface area (Å²) in [5, 5.41) is 16.3. The van der Waals surface area contributed by atoms with Gasteiger partial charge in [0.2, 0.25) is 0 Å². The van der Waals surface area contributed by atoms with E-state index in [2.05, 4.69) is 17.3 Å². The molecular weight excluding hydrogens is 304 g/mol. The Morgan fingerprint density at radius 3 is 2.62 bits per heavy atom. The smallest absolute Gasteiger partial charge is 0.321 e. The number of nitrogens with one attached hydrogen (secondary N) is 1. The molecule has 24 heavy (non-hydrogen) atoms. The van der Waals surface area contributed by atoms with Crippen molar-refractivity contribution in [3.63, 3.8) is 0 Å². The Kier molecular flexibility index (Phi) is 6.81. The molecule has 2 aromatic rings. The van der Waals surface area contributed by atoms with Crippen molar-refractivity contribution in [3.05, 3.63) is 47.8 Å². The van der Waals surface area contributed by atoms with Crippen LogP contribution in [0.5, 0.6) is 0 Å². The molecule has 0 radical (unpaired) electrons. The third kappa shape index (κ3) is 5.38. The third-order valence-corrected chi connectivity index (χ3v) is 3.75. The quantitative estimate of drug-likeness (QED) is 0.782. The molecule has 0 unspecified atom stereocenters. The van der Waals surface area contributed by atoms with Gasteiger partial charge in [0.05, 0.1) is 19.3 Å². The Labute approximate surface area is 143 Å². The largest absolute Gasteiger partial charge is 0.395 e. The van der Waals surface area contributed by atoms with E-state index in [0.29, 0.717) is 19.6 Å². The molecule has 2 rings (SSSR count). The molecule has 0 saturated heterocycles. The van der Waals surface area contributed by atoms with Gasteiger partial charge in [0.15, 0.2) is 0 Å². The molecule has 6 heteroatoms. The van der Waals surface area contributed by atoms with E-state index in [0.717, 1.165) is 29.7 Å². The Bertz CT molecular complexity index is 637. The molecule has 0 aliphatic heterocycles. The van der Waals surface area contributed by atoms with Gasteiger partial charge in [0.25, 0.3) is 0 Å². The van der Waals surface area contributed by atoms with Crippen LogP contribution < -0.4 is 5.32 Å². The lowest BCUT2D eigenvalue weighted by atomic mass is 10.2. The number of urea groups is 1. The first-order chi connectivity index (χ1) is 11.6. The van der Waals surface area contributed by atoms with Gasteiger partial charge in [-0.1, -0.05) is 25.5 Å². The number of aliphatic hydroxyl groups is 1. The zero-order chi connectivity index (χ0) is 17.4. The van der Waals surface area contributed by atoms with Gasteiger partial charge in [0.1, 0.15) is 0 Å². The highest BCUT2D eigenvalue weighted by molar-refractivity contribution is 5.89. The molecule has 0 fully saturated rings. The van der Waals surface area contributed by atoms with Crippen molar-refractivity contribution < 1.29 is 9.90 Å². The number of unbranched alkanes of at least 4 members (excludes halogenated alkanes) is 1. The Morgan fingerprint density at radius 1 is 1.29 bits per heavy atom. The van der Waals surface area contributed by atoms with E-state index in [1.54, 1.807) is 4.90 Å². The number of aromatic nitrogens is 2. The van der Waals surface area contributed by atoms with Gasteiger partial charge in [0, 0.05) is 25.0 Å². The molecule has 0 aliphatic carbocycles. The lowest BCUT2D eigenvalue weighted by Gasteiger charge is -2.22. The minimum Gasteiger partial charge on any atom is -0.395 e. The summed E-state index contributed by atoms with van der Waals surface area (Å²) in [5.41, 5.74) is 3.00. The topological polar surface area (TPSA) is 70.4 Å². The molecule has 0 aliphatic rings. The summed E-state index contributed by atoms with van der Waals surface area (Å²) in [6.07, 6.45) is 5.77. The number of carbonyl (C=O) groups is 1. The molecule has 1 aromatic carbocycles. The summed E-state index contributed by atoms with van der Waals surface area (Å²) in [6, 6.07) is 7.57. The summed E-state index contributed by atoms with van der Waals surface area (Å²) in [6.45, 7) is 5.77. The van der Waals surface area contributed by atoms with E-state index in [1.807, 2.05) is 48.3 Å². The van der Waals surface area contributed by atoms with Crippen molar-refractivity contribution >= 4 is 11.7 Å². The van der Waals surface area contributed by atoms with Crippen molar-refractivity contribution in [2.45, 2.75) is 33.2 Å². The van der Waals surface area contributed by atoms with Gasteiger partial charge < -0.3 is 15.3 Å². The molecule has 2 N–H and O–H groups in total. The summed E-state index contributed by atoms with van der Waals surface area (Å²) in [7, 11) is 0. The Hall–Kier alpha value is -2.34. The third-order valence-electron chi connectivity index (χ3n) is 3.75. The number of aliphatic hydroxyl groups excluding tert-OH is 1. The maximum Gasteiger partial charge on any atom is 0.321 e. The van der Waals surface area contributed by atoms with Gasteiger partial charge in [-0.15, -0.1) is 0 Å². The van der Waals surface area contributed by atoms with E-state index < -0.39 is 0 Å². The minimum atomic E-state index is -0.173. The molecule has 2 amide bonds. The van der Waals surface area contributed by atoms with Crippen LogP contribution in [-0.2, 0) is 6.54 Å². The first-order valence-electron chi connectivity index (χ1n) is 8.37. The van der Waals surface area contributed by atoms with Gasteiger partial charge in [-0.3, -0.25) is 4.68 Å². The fraction of sp³-hybridized carbons (Fsp3) is 0.444. The lowest BCUT2D eigenvalue weighted by molar-refractivity contribution is 0.187. The summed E-state index contributed by atoms with van der Waals surface area (Å²) < 4.78 is 1.89. The Balaban J connectivity index is 1.93. The van der Waals surface area contributed by atoms with Crippen LogP contribution in [0.1, 0.15) is 30.9 Å². The molecule has 1 aromatic heterocycles. The average molecular weight is 330 g/mol. The van der Waals surface area contributed by atoms with Crippen molar-refractivity contribution in [2.75, 3.05) is 25.0 Å². The van der Waals surface area contributed by atoms with E-state index in [4.69, 9.17) is 5.11 Å². The van der Waals surface area contributed by atoms with Gasteiger partial charge >= 0.3 is 6.03 Å². The van der Waals surface area contributed by atoms with Crippen LogP contribution in [0, 0.1) is 6.92 Å². The first kappa shape index (κ1) is 18.0. The normalized spacial score (nSPS) is 10.6. The monoisotopic (exact) mass is 330 g/mol. The van der Waals surface area contributed by atoms with E-state index in [-0.39, 0.29) is 12.6 Å². The second kappa shape index (κ2) is 9.08. The highest BCUT2D eigenvalue weighted by atomic mass is 16.3. The van der Waals surface area contributed by atoms with Crippen LogP contribution in [0.15, 0.2) is 36.7 Å². The molecule has 6 nitrogen and oxygen atoms in total. The van der Waals surface area contributed by atoms with Crippen LogP contribution in [0.2, 0.25) is 0 Å². The van der Waals surface area contributed by atoms with Crippen molar-refractivity contribution in [1.82, 2.24) is 14.7 Å². The van der Waals surface area contributed by atoms with Gasteiger partial charge in [-0.2, -0.15) is 5.10 Å². The second-order valence-electron chi connectivity index (χ2n) is 5.91. The average Bonchev–Trinajstić information content (AvgIpc) is 2.98. The standard InChI is InChI=1S/C18H26N4O2/c1-3-4-9-21(10-11-23)18(24)20-17-7-5-16(6-8-17)14-22-13-15(2)12-19-22/h5-8,12-13,23H,3-4,9-11,14H2,1-2H3,(H,20,24). The first-order valence-corrected chi connectivity index (χ1v) is 8.37. The highest BCUT2D eigenvalue weighted by Crippen LogP contribution is 2.12. The predicted octanol–water partition coefficient (Wildman–Crippen LogP) is 2.87. The van der Waals surface area contributed by atoms with Crippen molar-refractivity contribution in [1.29, 1.82) is 0 Å². The number of benzene rings is 1. The number of nitrogens with zero attached hydrogens (tertiary/aromatic N) is 3. The van der Waals surface area contributed by atoms with Crippen LogP contribution in [0.25, 0.3) is 0 Å². The SMILES string of the molecule is CCCCN(CCO)C(=O)Nc1ccc(Cn2cc(C)cn2)cc1. The zero-order valence-electron chi connectivity index (χ0n) is 14.4. The maximum atomic E-state index is 12.3. The molecule has 1 heterocycles. The van der Waals surface area contributed by atoms with E-state index in [9.17, 15) is 4.79 Å². The molecule has 0 spiro atoms.